The number of nitrogens with one attached hydrogen (secondary N) is 1. The molecule has 8 heteroatoms. The highest BCUT2D eigenvalue weighted by Crippen LogP contribution is 2.37. The maximum atomic E-state index is 13.8. The van der Waals surface area contributed by atoms with Crippen LogP contribution in [0.1, 0.15) is 6.92 Å². The standard InChI is InChI=1S/C15H13FN2O4S/c1-9(19)17-14-8-11(16)7-13(15(14)18(20)21)10-3-5-12(6-4-10)23(2)22/h3-8H,1-2H3,(H,17,19). The third-order valence-electron chi connectivity index (χ3n) is 3.07. The second kappa shape index (κ2) is 6.76. The average Bonchev–Trinajstić information content (AvgIpc) is 2.45. The van der Waals surface area contributed by atoms with Crippen LogP contribution in [0.25, 0.3) is 11.1 Å². The lowest BCUT2D eigenvalue weighted by atomic mass is 10.0. The van der Waals surface area contributed by atoms with E-state index in [0.29, 0.717) is 10.5 Å². The Morgan fingerprint density at radius 1 is 1.26 bits per heavy atom. The lowest BCUT2D eigenvalue weighted by Crippen LogP contribution is -2.09. The van der Waals surface area contributed by atoms with E-state index >= 15 is 0 Å². The van der Waals surface area contributed by atoms with Crippen molar-refractivity contribution in [3.05, 3.63) is 52.3 Å². The van der Waals surface area contributed by atoms with Crippen molar-refractivity contribution in [1.82, 2.24) is 0 Å². The molecule has 1 atom stereocenters. The SMILES string of the molecule is CC(=O)Nc1cc(F)cc(-c2ccc([S+](C)[O-])cc2)c1[N+](=O)[O-]. The molecule has 2 rings (SSSR count). The molecular formula is C15H13FN2O4S. The molecule has 0 aliphatic carbocycles. The van der Waals surface area contributed by atoms with Gasteiger partial charge in [0.2, 0.25) is 5.91 Å². The lowest BCUT2D eigenvalue weighted by Gasteiger charge is -2.10. The van der Waals surface area contributed by atoms with Crippen molar-refractivity contribution in [3.8, 4) is 11.1 Å². The van der Waals surface area contributed by atoms with Crippen LogP contribution in [-0.4, -0.2) is 21.6 Å². The van der Waals surface area contributed by atoms with Crippen molar-refractivity contribution in [3.63, 3.8) is 0 Å². The van der Waals surface area contributed by atoms with Crippen LogP contribution < -0.4 is 5.32 Å². The van der Waals surface area contributed by atoms with E-state index in [1.165, 1.54) is 25.3 Å². The molecule has 0 bridgehead atoms. The molecule has 0 saturated heterocycles. The molecule has 2 aromatic rings. The number of rotatable bonds is 4. The van der Waals surface area contributed by atoms with Gasteiger partial charge in [0.1, 0.15) is 17.8 Å². The number of hydrogen-bond acceptors (Lipinski definition) is 4. The van der Waals surface area contributed by atoms with E-state index in [4.69, 9.17) is 0 Å². The zero-order valence-electron chi connectivity index (χ0n) is 12.3. The second-order valence-corrected chi connectivity index (χ2v) is 6.15. The second-order valence-electron chi connectivity index (χ2n) is 4.77. The van der Waals surface area contributed by atoms with E-state index in [-0.39, 0.29) is 11.3 Å². The summed E-state index contributed by atoms with van der Waals surface area (Å²) in [5.74, 6) is -1.25. The number of amides is 1. The average molecular weight is 336 g/mol. The number of nitro groups is 1. The van der Waals surface area contributed by atoms with Gasteiger partial charge in [-0.2, -0.15) is 0 Å². The van der Waals surface area contributed by atoms with Crippen molar-refractivity contribution < 1.29 is 18.7 Å². The lowest BCUT2D eigenvalue weighted by molar-refractivity contribution is -0.383. The maximum absolute atomic E-state index is 13.8. The van der Waals surface area contributed by atoms with Crippen LogP contribution in [0.3, 0.4) is 0 Å². The fourth-order valence-electron chi connectivity index (χ4n) is 2.13. The number of benzene rings is 2. The molecule has 0 saturated carbocycles. The topological polar surface area (TPSA) is 95.3 Å². The molecule has 1 unspecified atom stereocenters. The molecule has 6 nitrogen and oxygen atoms in total. The van der Waals surface area contributed by atoms with Crippen LogP contribution in [-0.2, 0) is 16.0 Å². The van der Waals surface area contributed by atoms with Gasteiger partial charge in [0.15, 0.2) is 4.90 Å². The third-order valence-corrected chi connectivity index (χ3v) is 4.00. The molecule has 1 N–H and O–H groups in total. The largest absolute Gasteiger partial charge is 0.612 e. The van der Waals surface area contributed by atoms with Crippen molar-refractivity contribution in [2.75, 3.05) is 11.6 Å². The Hall–Kier alpha value is -2.45. The van der Waals surface area contributed by atoms with E-state index in [1.54, 1.807) is 12.1 Å². The van der Waals surface area contributed by atoms with Crippen LogP contribution in [0.2, 0.25) is 0 Å². The van der Waals surface area contributed by atoms with Gasteiger partial charge in [-0.15, -0.1) is 0 Å². The van der Waals surface area contributed by atoms with Gasteiger partial charge >= 0.3 is 5.69 Å². The zero-order valence-corrected chi connectivity index (χ0v) is 13.1. The Bertz CT molecular complexity index is 763. The molecule has 0 spiro atoms. The van der Waals surface area contributed by atoms with Crippen molar-refractivity contribution >= 4 is 28.5 Å². The van der Waals surface area contributed by atoms with Crippen molar-refractivity contribution in [2.24, 2.45) is 0 Å². The van der Waals surface area contributed by atoms with Gasteiger partial charge in [0, 0.05) is 13.0 Å². The Morgan fingerprint density at radius 2 is 1.87 bits per heavy atom. The maximum Gasteiger partial charge on any atom is 0.300 e. The summed E-state index contributed by atoms with van der Waals surface area (Å²) in [7, 11) is 0. The minimum Gasteiger partial charge on any atom is -0.612 e. The molecule has 0 aromatic heterocycles. The van der Waals surface area contributed by atoms with E-state index in [9.17, 15) is 23.9 Å². The number of hydrogen-bond donors (Lipinski definition) is 1. The summed E-state index contributed by atoms with van der Waals surface area (Å²) < 4.78 is 25.2. The summed E-state index contributed by atoms with van der Waals surface area (Å²) in [4.78, 5) is 22.4. The quantitative estimate of drug-likeness (QED) is 0.527. The Balaban J connectivity index is 2.62. The van der Waals surface area contributed by atoms with E-state index in [1.807, 2.05) is 0 Å². The number of halogens is 1. The first kappa shape index (κ1) is 16.9. The molecule has 120 valence electrons. The number of anilines is 1. The molecule has 0 aliphatic heterocycles. The molecule has 0 heterocycles. The number of nitrogens with zero attached hydrogens (tertiary/aromatic N) is 1. The predicted octanol–water partition coefficient (Wildman–Crippen LogP) is 3.10. The zero-order chi connectivity index (χ0) is 17.1. The molecule has 2 aromatic carbocycles. The number of carbonyl (C=O) groups excluding carboxylic acids is 1. The molecule has 0 fully saturated rings. The fourth-order valence-corrected chi connectivity index (χ4v) is 2.65. The van der Waals surface area contributed by atoms with Crippen LogP contribution in [0.15, 0.2) is 41.3 Å². The summed E-state index contributed by atoms with van der Waals surface area (Å²) in [5.41, 5.74) is -0.184. The minimum absolute atomic E-state index is 0.0344. The normalized spacial score (nSPS) is 11.8. The molecular weight excluding hydrogens is 323 g/mol. The minimum atomic E-state index is -1.19. The smallest absolute Gasteiger partial charge is 0.300 e. The number of nitro benzene ring substituents is 1. The molecule has 1 amide bonds. The van der Waals surface area contributed by atoms with Crippen molar-refractivity contribution in [1.29, 1.82) is 0 Å². The number of carbonyl (C=O) groups is 1. The summed E-state index contributed by atoms with van der Waals surface area (Å²) in [6, 6.07) is 8.09. The summed E-state index contributed by atoms with van der Waals surface area (Å²) in [5, 5.41) is 13.6. The van der Waals surface area contributed by atoms with Gasteiger partial charge in [-0.25, -0.2) is 4.39 Å². The van der Waals surface area contributed by atoms with Gasteiger partial charge in [-0.3, -0.25) is 14.9 Å². The van der Waals surface area contributed by atoms with Crippen LogP contribution in [0.4, 0.5) is 15.8 Å². The first-order valence-electron chi connectivity index (χ1n) is 6.49. The first-order valence-corrected chi connectivity index (χ1v) is 8.05. The van der Waals surface area contributed by atoms with Crippen LogP contribution in [0.5, 0.6) is 0 Å². The summed E-state index contributed by atoms with van der Waals surface area (Å²) in [6.07, 6.45) is 1.51. The van der Waals surface area contributed by atoms with E-state index < -0.39 is 33.5 Å². The van der Waals surface area contributed by atoms with Crippen molar-refractivity contribution in [2.45, 2.75) is 11.8 Å². The highest BCUT2D eigenvalue weighted by molar-refractivity contribution is 7.90. The fraction of sp³-hybridized carbons (Fsp3) is 0.133. The van der Waals surface area contributed by atoms with Crippen LogP contribution >= 0.6 is 0 Å². The summed E-state index contributed by atoms with van der Waals surface area (Å²) in [6.45, 7) is 1.18. The van der Waals surface area contributed by atoms with Crippen LogP contribution in [0, 0.1) is 15.9 Å². The monoisotopic (exact) mass is 336 g/mol. The highest BCUT2D eigenvalue weighted by atomic mass is 32.2. The van der Waals surface area contributed by atoms with Gasteiger partial charge < -0.3 is 9.87 Å². The molecule has 23 heavy (non-hydrogen) atoms. The highest BCUT2D eigenvalue weighted by Gasteiger charge is 2.23. The Kier molecular flexibility index (Phi) is 4.97. The van der Waals surface area contributed by atoms with Gasteiger partial charge in [-0.1, -0.05) is 0 Å². The Morgan fingerprint density at radius 3 is 2.35 bits per heavy atom. The predicted molar refractivity (Wildman–Crippen MR) is 85.1 cm³/mol. The third kappa shape index (κ3) is 3.85. The van der Waals surface area contributed by atoms with Gasteiger partial charge in [0.25, 0.3) is 0 Å². The van der Waals surface area contributed by atoms with Gasteiger partial charge in [0.05, 0.1) is 10.5 Å². The van der Waals surface area contributed by atoms with Gasteiger partial charge in [-0.05, 0) is 47.1 Å². The van der Waals surface area contributed by atoms with E-state index in [2.05, 4.69) is 5.32 Å². The molecule has 0 aliphatic rings. The first-order chi connectivity index (χ1) is 10.8. The summed E-state index contributed by atoms with van der Waals surface area (Å²) >= 11 is -1.19. The van der Waals surface area contributed by atoms with E-state index in [0.717, 1.165) is 12.1 Å². The Labute approximate surface area is 134 Å². The molecule has 0 radical (unpaired) electrons.